The third-order valence-corrected chi connectivity index (χ3v) is 4.34. The molecule has 1 aliphatic carbocycles. The fourth-order valence-electron chi connectivity index (χ4n) is 3.00. The fourth-order valence-corrected chi connectivity index (χ4v) is 3.00. The summed E-state index contributed by atoms with van der Waals surface area (Å²) < 4.78 is 10.6. The van der Waals surface area contributed by atoms with E-state index >= 15 is 0 Å². The van der Waals surface area contributed by atoms with Crippen molar-refractivity contribution in [2.45, 2.75) is 44.6 Å². The van der Waals surface area contributed by atoms with Gasteiger partial charge >= 0.3 is 0 Å². The third-order valence-electron chi connectivity index (χ3n) is 4.34. The van der Waals surface area contributed by atoms with Crippen molar-refractivity contribution in [1.82, 2.24) is 0 Å². The Labute approximate surface area is 115 Å². The maximum Gasteiger partial charge on any atom is 0.122 e. The molecule has 1 unspecified atom stereocenters. The Morgan fingerprint density at radius 3 is 2.00 bits per heavy atom. The number of hydrogen-bond donors (Lipinski definition) is 1. The molecule has 0 amide bonds. The minimum absolute atomic E-state index is 0.318. The van der Waals surface area contributed by atoms with Gasteiger partial charge in [-0.3, -0.25) is 0 Å². The second-order valence-electron chi connectivity index (χ2n) is 5.58. The molecule has 1 aromatic carbocycles. The van der Waals surface area contributed by atoms with Crippen LogP contribution in [0.1, 0.15) is 44.6 Å². The lowest BCUT2D eigenvalue weighted by Crippen LogP contribution is -2.33. The van der Waals surface area contributed by atoms with Crippen LogP contribution in [0.3, 0.4) is 0 Å². The Kier molecular flexibility index (Phi) is 4.35. The molecule has 2 rings (SSSR count). The number of aliphatic hydroxyl groups is 1. The van der Waals surface area contributed by atoms with Gasteiger partial charge in [-0.15, -0.1) is 0 Å². The van der Waals surface area contributed by atoms with Gasteiger partial charge in [0.2, 0.25) is 0 Å². The van der Waals surface area contributed by atoms with Crippen LogP contribution in [0.15, 0.2) is 18.2 Å². The van der Waals surface area contributed by atoms with Crippen molar-refractivity contribution >= 4 is 0 Å². The molecule has 1 atom stereocenters. The maximum atomic E-state index is 10.9. The van der Waals surface area contributed by atoms with Crippen LogP contribution in [-0.2, 0) is 5.60 Å². The zero-order valence-corrected chi connectivity index (χ0v) is 12.1. The average molecular weight is 264 g/mol. The highest BCUT2D eigenvalue weighted by molar-refractivity contribution is 5.41. The minimum Gasteiger partial charge on any atom is -0.497 e. The Balaban J connectivity index is 2.32. The zero-order chi connectivity index (χ0) is 13.9. The summed E-state index contributed by atoms with van der Waals surface area (Å²) in [6.45, 7) is 1.91. The molecule has 0 radical (unpaired) electrons. The van der Waals surface area contributed by atoms with Gasteiger partial charge in [0.05, 0.1) is 19.8 Å². The van der Waals surface area contributed by atoms with Crippen LogP contribution >= 0.6 is 0 Å². The Bertz CT molecular complexity index is 398. The van der Waals surface area contributed by atoms with Gasteiger partial charge in [-0.25, -0.2) is 0 Å². The van der Waals surface area contributed by atoms with E-state index in [2.05, 4.69) is 0 Å². The van der Waals surface area contributed by atoms with Crippen molar-refractivity contribution < 1.29 is 14.6 Å². The Morgan fingerprint density at radius 1 is 1.00 bits per heavy atom. The summed E-state index contributed by atoms with van der Waals surface area (Å²) in [6, 6.07) is 5.66. The molecule has 0 spiro atoms. The van der Waals surface area contributed by atoms with Gasteiger partial charge in [-0.2, -0.15) is 0 Å². The molecule has 0 aliphatic heterocycles. The maximum absolute atomic E-state index is 10.9. The first-order chi connectivity index (χ1) is 9.07. The SMILES string of the molecule is COc1cc(OC)cc(C(C)(O)C2CCCCC2)c1. The lowest BCUT2D eigenvalue weighted by molar-refractivity contribution is -0.0217. The van der Waals surface area contributed by atoms with Crippen molar-refractivity contribution in [2.75, 3.05) is 14.2 Å². The van der Waals surface area contributed by atoms with E-state index in [4.69, 9.17) is 9.47 Å². The molecule has 1 fully saturated rings. The molecule has 1 saturated carbocycles. The lowest BCUT2D eigenvalue weighted by Gasteiger charge is -2.36. The average Bonchev–Trinajstić information content (AvgIpc) is 2.47. The predicted molar refractivity (Wildman–Crippen MR) is 75.7 cm³/mol. The summed E-state index contributed by atoms with van der Waals surface area (Å²) >= 11 is 0. The second kappa shape index (κ2) is 5.83. The molecule has 1 aliphatic rings. The summed E-state index contributed by atoms with van der Waals surface area (Å²) in [5, 5.41) is 10.9. The van der Waals surface area contributed by atoms with Crippen molar-refractivity contribution in [3.63, 3.8) is 0 Å². The quantitative estimate of drug-likeness (QED) is 0.904. The first-order valence-corrected chi connectivity index (χ1v) is 7.04. The molecule has 3 heteroatoms. The van der Waals surface area contributed by atoms with Crippen LogP contribution < -0.4 is 9.47 Å². The van der Waals surface area contributed by atoms with Gasteiger partial charge in [0.1, 0.15) is 11.5 Å². The van der Waals surface area contributed by atoms with E-state index in [-0.39, 0.29) is 0 Å². The largest absolute Gasteiger partial charge is 0.497 e. The van der Waals surface area contributed by atoms with E-state index in [1.807, 2.05) is 25.1 Å². The van der Waals surface area contributed by atoms with Crippen LogP contribution in [-0.4, -0.2) is 19.3 Å². The number of methoxy groups -OCH3 is 2. The zero-order valence-electron chi connectivity index (χ0n) is 12.1. The van der Waals surface area contributed by atoms with Crippen LogP contribution in [0.5, 0.6) is 11.5 Å². The van der Waals surface area contributed by atoms with Crippen molar-refractivity contribution in [1.29, 1.82) is 0 Å². The van der Waals surface area contributed by atoms with Crippen molar-refractivity contribution in [3.8, 4) is 11.5 Å². The van der Waals surface area contributed by atoms with E-state index in [9.17, 15) is 5.11 Å². The Morgan fingerprint density at radius 2 is 1.53 bits per heavy atom. The lowest BCUT2D eigenvalue weighted by atomic mass is 9.74. The molecule has 106 valence electrons. The smallest absolute Gasteiger partial charge is 0.122 e. The van der Waals surface area contributed by atoms with E-state index in [0.29, 0.717) is 5.92 Å². The molecule has 1 aromatic rings. The molecule has 0 heterocycles. The van der Waals surface area contributed by atoms with Gasteiger partial charge < -0.3 is 14.6 Å². The van der Waals surface area contributed by atoms with E-state index in [0.717, 1.165) is 29.9 Å². The molecule has 0 bridgehead atoms. The summed E-state index contributed by atoms with van der Waals surface area (Å²) in [7, 11) is 3.27. The van der Waals surface area contributed by atoms with E-state index in [1.165, 1.54) is 19.3 Å². The molecule has 0 saturated heterocycles. The predicted octanol–water partition coefficient (Wildman–Crippen LogP) is 3.49. The summed E-state index contributed by atoms with van der Waals surface area (Å²) in [5.41, 5.74) is 0.0676. The van der Waals surface area contributed by atoms with Gasteiger partial charge in [0, 0.05) is 6.07 Å². The highest BCUT2D eigenvalue weighted by Gasteiger charge is 2.35. The topological polar surface area (TPSA) is 38.7 Å². The first kappa shape index (κ1) is 14.2. The number of hydrogen-bond acceptors (Lipinski definition) is 3. The standard InChI is InChI=1S/C16H24O3/c1-16(17,12-7-5-4-6-8-12)13-9-14(18-2)11-15(10-13)19-3/h9-12,17H,4-8H2,1-3H3. The normalized spacial score (nSPS) is 19.8. The number of ether oxygens (including phenoxy) is 2. The minimum atomic E-state index is -0.817. The van der Waals surface area contributed by atoms with Crippen molar-refractivity contribution in [2.24, 2.45) is 5.92 Å². The van der Waals surface area contributed by atoms with E-state index < -0.39 is 5.60 Å². The van der Waals surface area contributed by atoms with E-state index in [1.54, 1.807) is 14.2 Å². The highest BCUT2D eigenvalue weighted by Crippen LogP contribution is 2.41. The van der Waals surface area contributed by atoms with Crippen molar-refractivity contribution in [3.05, 3.63) is 23.8 Å². The van der Waals surface area contributed by atoms with Gasteiger partial charge in [0.25, 0.3) is 0 Å². The van der Waals surface area contributed by atoms with Crippen LogP contribution in [0.4, 0.5) is 0 Å². The monoisotopic (exact) mass is 264 g/mol. The molecular weight excluding hydrogens is 240 g/mol. The molecular formula is C16H24O3. The van der Waals surface area contributed by atoms with Crippen LogP contribution in [0.25, 0.3) is 0 Å². The molecule has 3 nitrogen and oxygen atoms in total. The van der Waals surface area contributed by atoms with Gasteiger partial charge in [-0.1, -0.05) is 19.3 Å². The van der Waals surface area contributed by atoms with Gasteiger partial charge in [0.15, 0.2) is 0 Å². The summed E-state index contributed by atoms with van der Waals surface area (Å²) in [4.78, 5) is 0. The second-order valence-corrected chi connectivity index (χ2v) is 5.58. The first-order valence-electron chi connectivity index (χ1n) is 7.04. The molecule has 19 heavy (non-hydrogen) atoms. The number of benzene rings is 1. The van der Waals surface area contributed by atoms with Crippen LogP contribution in [0, 0.1) is 5.92 Å². The van der Waals surface area contributed by atoms with Crippen LogP contribution in [0.2, 0.25) is 0 Å². The highest BCUT2D eigenvalue weighted by atomic mass is 16.5. The summed E-state index contributed by atoms with van der Waals surface area (Å²) in [6.07, 6.45) is 5.89. The van der Waals surface area contributed by atoms with Gasteiger partial charge in [-0.05, 0) is 43.4 Å². The Hall–Kier alpha value is -1.22. The summed E-state index contributed by atoms with van der Waals surface area (Å²) in [5.74, 6) is 1.77. The molecule has 1 N–H and O–H groups in total. The molecule has 0 aromatic heterocycles. The third kappa shape index (κ3) is 3.03. The fraction of sp³-hybridized carbons (Fsp3) is 0.625. The number of rotatable bonds is 4.